The van der Waals surface area contributed by atoms with Gasteiger partial charge in [0, 0.05) is 87.0 Å². The lowest BCUT2D eigenvalue weighted by atomic mass is 9.97. The first-order chi connectivity index (χ1) is 20.6. The Balaban J connectivity index is 1.18. The highest BCUT2D eigenvalue weighted by Crippen LogP contribution is 2.24. The molecule has 2 aromatic heterocycles. The molecule has 2 amide bonds. The van der Waals surface area contributed by atoms with Gasteiger partial charge in [0.25, 0.3) is 5.56 Å². The number of carbonyl (C=O) groups excluding carboxylic acids is 2. The lowest BCUT2D eigenvalue weighted by Crippen LogP contribution is -2.51. The van der Waals surface area contributed by atoms with Crippen molar-refractivity contribution in [3.63, 3.8) is 0 Å². The minimum Gasteiger partial charge on any atom is -0.444 e. The summed E-state index contributed by atoms with van der Waals surface area (Å²) in [5.41, 5.74) is 1.90. The number of nitrogens with zero attached hydrogens (tertiary/aromatic N) is 6. The van der Waals surface area contributed by atoms with Gasteiger partial charge < -0.3 is 24.8 Å². The van der Waals surface area contributed by atoms with Crippen LogP contribution in [0.4, 0.5) is 22.1 Å². The fourth-order valence-corrected chi connectivity index (χ4v) is 5.71. The second-order valence-electron chi connectivity index (χ2n) is 12.1. The number of likely N-dealkylation sites (tertiary alicyclic amines) is 1. The number of amides is 2. The summed E-state index contributed by atoms with van der Waals surface area (Å²) in [4.78, 5) is 52.5. The number of ether oxygens (including phenoxy) is 1. The van der Waals surface area contributed by atoms with Crippen molar-refractivity contribution in [2.45, 2.75) is 45.8 Å². The van der Waals surface area contributed by atoms with E-state index >= 15 is 0 Å². The molecule has 43 heavy (non-hydrogen) atoms. The van der Waals surface area contributed by atoms with Crippen molar-refractivity contribution in [1.29, 1.82) is 0 Å². The van der Waals surface area contributed by atoms with Crippen LogP contribution in [0.15, 0.2) is 47.4 Å². The summed E-state index contributed by atoms with van der Waals surface area (Å²) in [5.74, 6) is 1.82. The average molecular weight is 608 g/mol. The van der Waals surface area contributed by atoms with E-state index in [1.807, 2.05) is 44.1 Å². The molecule has 0 radical (unpaired) electrons. The maximum absolute atomic E-state index is 12.8. The Morgan fingerprint density at radius 2 is 1.74 bits per heavy atom. The topological polar surface area (TPSA) is 113 Å². The summed E-state index contributed by atoms with van der Waals surface area (Å²) < 4.78 is 7.13. The number of anilines is 3. The number of aryl methyl sites for hydroxylation is 1. The molecule has 3 aromatic rings. The third-order valence-corrected chi connectivity index (χ3v) is 8.35. The van der Waals surface area contributed by atoms with Crippen molar-refractivity contribution in [1.82, 2.24) is 24.3 Å². The Bertz CT molecular complexity index is 1490. The second-order valence-corrected chi connectivity index (χ2v) is 13.1. The van der Waals surface area contributed by atoms with Gasteiger partial charge in [-0.1, -0.05) is 0 Å². The highest BCUT2D eigenvalue weighted by Gasteiger charge is 2.33. The van der Waals surface area contributed by atoms with Crippen LogP contribution in [0.25, 0.3) is 11.0 Å². The number of thioether (sulfide) groups is 1. The second kappa shape index (κ2) is 13.2. The number of benzene rings is 1. The van der Waals surface area contributed by atoms with E-state index in [1.54, 1.807) is 39.6 Å². The molecule has 1 N–H and O–H groups in total. The van der Waals surface area contributed by atoms with Gasteiger partial charge in [-0.05, 0) is 69.7 Å². The highest BCUT2D eigenvalue weighted by atomic mass is 32.2. The normalized spacial score (nSPS) is 15.9. The van der Waals surface area contributed by atoms with Crippen molar-refractivity contribution in [2.75, 3.05) is 61.5 Å². The standard InChI is InChI=1S/C31H41N7O4S/c1-31(2,3)42-30(41)37-20-22(21-37)11-13-38-27(40)10-5-23-19-32-29(34-28(23)38)33-24-6-8-25(9-7-24)35-14-16-36(17-15-35)26(39)12-18-43-4/h5-10,19,22H,11-18,20-21H2,1-4H3,(H,32,33,34). The van der Waals surface area contributed by atoms with E-state index in [-0.39, 0.29) is 17.6 Å². The Morgan fingerprint density at radius 3 is 2.42 bits per heavy atom. The van der Waals surface area contributed by atoms with Crippen LogP contribution in [-0.2, 0) is 16.1 Å². The quantitative estimate of drug-likeness (QED) is 0.383. The monoisotopic (exact) mass is 607 g/mol. The molecule has 0 saturated carbocycles. The molecule has 0 atom stereocenters. The minimum absolute atomic E-state index is 0.115. The summed E-state index contributed by atoms with van der Waals surface area (Å²) >= 11 is 1.70. The number of hydrogen-bond donors (Lipinski definition) is 1. The van der Waals surface area contributed by atoms with Crippen LogP contribution in [0.1, 0.15) is 33.6 Å². The maximum atomic E-state index is 12.8. The van der Waals surface area contributed by atoms with Gasteiger partial charge in [-0.2, -0.15) is 16.7 Å². The maximum Gasteiger partial charge on any atom is 0.410 e. The van der Waals surface area contributed by atoms with Gasteiger partial charge in [0.15, 0.2) is 0 Å². The van der Waals surface area contributed by atoms with Gasteiger partial charge in [0.1, 0.15) is 11.2 Å². The van der Waals surface area contributed by atoms with Gasteiger partial charge >= 0.3 is 6.09 Å². The van der Waals surface area contributed by atoms with Gasteiger partial charge in [-0.25, -0.2) is 9.78 Å². The molecule has 5 rings (SSSR count). The van der Waals surface area contributed by atoms with E-state index < -0.39 is 5.60 Å². The number of carbonyl (C=O) groups is 2. The largest absolute Gasteiger partial charge is 0.444 e. The predicted molar refractivity (Wildman–Crippen MR) is 171 cm³/mol. The molecule has 230 valence electrons. The number of piperazine rings is 1. The molecule has 11 nitrogen and oxygen atoms in total. The van der Waals surface area contributed by atoms with E-state index in [0.29, 0.717) is 43.6 Å². The molecule has 0 bridgehead atoms. The van der Waals surface area contributed by atoms with Crippen LogP contribution in [0.2, 0.25) is 0 Å². The molecule has 1 aromatic carbocycles. The van der Waals surface area contributed by atoms with Crippen molar-refractivity contribution >= 4 is 52.1 Å². The Hall–Kier alpha value is -3.80. The fraction of sp³-hybridized carbons (Fsp3) is 0.516. The lowest BCUT2D eigenvalue weighted by Gasteiger charge is -2.39. The molecular weight excluding hydrogens is 566 g/mol. The zero-order valence-corrected chi connectivity index (χ0v) is 26.2. The van der Waals surface area contributed by atoms with E-state index in [4.69, 9.17) is 9.72 Å². The smallest absolute Gasteiger partial charge is 0.410 e. The van der Waals surface area contributed by atoms with Crippen LogP contribution < -0.4 is 15.8 Å². The first-order valence-electron chi connectivity index (χ1n) is 14.8. The molecule has 4 heterocycles. The first kappa shape index (κ1) is 30.7. The van der Waals surface area contributed by atoms with Crippen molar-refractivity contribution in [2.24, 2.45) is 5.92 Å². The Kier molecular flexibility index (Phi) is 9.43. The van der Waals surface area contributed by atoms with Gasteiger partial charge in [-0.3, -0.25) is 14.2 Å². The molecule has 2 aliphatic heterocycles. The Labute approximate surface area is 256 Å². The first-order valence-corrected chi connectivity index (χ1v) is 16.2. The van der Waals surface area contributed by atoms with Crippen LogP contribution in [0.3, 0.4) is 0 Å². The average Bonchev–Trinajstić information content (AvgIpc) is 2.95. The van der Waals surface area contributed by atoms with Gasteiger partial charge in [0.2, 0.25) is 11.9 Å². The summed E-state index contributed by atoms with van der Waals surface area (Å²) in [7, 11) is 0. The zero-order valence-electron chi connectivity index (χ0n) is 25.4. The van der Waals surface area contributed by atoms with Gasteiger partial charge in [-0.15, -0.1) is 0 Å². The number of nitrogens with one attached hydrogen (secondary N) is 1. The zero-order chi connectivity index (χ0) is 30.6. The summed E-state index contributed by atoms with van der Waals surface area (Å²) in [6, 6.07) is 11.4. The third kappa shape index (κ3) is 7.78. The number of pyridine rings is 1. The number of rotatable bonds is 9. The van der Waals surface area contributed by atoms with Crippen molar-refractivity contribution in [3.05, 3.63) is 52.9 Å². The summed E-state index contributed by atoms with van der Waals surface area (Å²) in [6.45, 7) is 10.4. The van der Waals surface area contributed by atoms with Crippen LogP contribution in [-0.4, -0.2) is 93.2 Å². The number of fused-ring (bicyclic) bond motifs is 1. The summed E-state index contributed by atoms with van der Waals surface area (Å²) in [5, 5.41) is 4.06. The lowest BCUT2D eigenvalue weighted by molar-refractivity contribution is -0.131. The number of aromatic nitrogens is 3. The SMILES string of the molecule is CSCCC(=O)N1CCN(c2ccc(Nc3ncc4ccc(=O)n(CCC5CN(C(=O)OC(C)(C)C)C5)c4n3)cc2)CC1. The van der Waals surface area contributed by atoms with Crippen molar-refractivity contribution in [3.8, 4) is 0 Å². The van der Waals surface area contributed by atoms with E-state index in [2.05, 4.69) is 27.3 Å². The van der Waals surface area contributed by atoms with Crippen LogP contribution in [0, 0.1) is 5.92 Å². The molecule has 2 fully saturated rings. The fourth-order valence-electron chi connectivity index (χ4n) is 5.33. The minimum atomic E-state index is -0.517. The highest BCUT2D eigenvalue weighted by molar-refractivity contribution is 7.98. The molecule has 12 heteroatoms. The molecular formula is C31H41N7O4S. The van der Waals surface area contributed by atoms with Crippen LogP contribution >= 0.6 is 11.8 Å². The summed E-state index contributed by atoms with van der Waals surface area (Å²) in [6.07, 6.45) is 4.81. The Morgan fingerprint density at radius 1 is 1.02 bits per heavy atom. The third-order valence-electron chi connectivity index (χ3n) is 7.73. The van der Waals surface area contributed by atoms with E-state index in [0.717, 1.165) is 55.1 Å². The molecule has 2 aliphatic rings. The predicted octanol–water partition coefficient (Wildman–Crippen LogP) is 4.19. The number of hydrogen-bond acceptors (Lipinski definition) is 9. The van der Waals surface area contributed by atoms with Crippen molar-refractivity contribution < 1.29 is 14.3 Å². The van der Waals surface area contributed by atoms with Crippen LogP contribution in [0.5, 0.6) is 0 Å². The van der Waals surface area contributed by atoms with Gasteiger partial charge in [0.05, 0.1) is 0 Å². The van der Waals surface area contributed by atoms with E-state index in [9.17, 15) is 14.4 Å². The molecule has 0 unspecified atom stereocenters. The molecule has 0 aliphatic carbocycles. The molecule has 2 saturated heterocycles. The van der Waals surface area contributed by atoms with E-state index in [1.165, 1.54) is 0 Å². The molecule has 0 spiro atoms.